The van der Waals surface area contributed by atoms with Crippen molar-refractivity contribution in [2.75, 3.05) is 23.3 Å². The Balaban J connectivity index is 1.68. The molecule has 7 nitrogen and oxygen atoms in total. The summed E-state index contributed by atoms with van der Waals surface area (Å²) in [5.41, 5.74) is 1.72. The third kappa shape index (κ3) is 4.37. The predicted molar refractivity (Wildman–Crippen MR) is 123 cm³/mol. The van der Waals surface area contributed by atoms with Crippen LogP contribution in [0.5, 0.6) is 11.5 Å². The van der Waals surface area contributed by atoms with Gasteiger partial charge in [0.25, 0.3) is 15.9 Å². The maximum atomic E-state index is 13.5. The number of benzene rings is 3. The molecule has 1 aliphatic rings. The monoisotopic (exact) mass is 472 g/mol. The van der Waals surface area contributed by atoms with E-state index in [0.717, 1.165) is 9.87 Å². The van der Waals surface area contributed by atoms with E-state index >= 15 is 0 Å². The van der Waals surface area contributed by atoms with Gasteiger partial charge in [-0.05, 0) is 49.4 Å². The lowest BCUT2D eigenvalue weighted by Gasteiger charge is -2.35. The van der Waals surface area contributed by atoms with Gasteiger partial charge in [-0.25, -0.2) is 8.42 Å². The highest BCUT2D eigenvalue weighted by molar-refractivity contribution is 7.92. The number of hydrogen-bond acceptors (Lipinski definition) is 5. The number of hydrogen-bond donors (Lipinski definition) is 1. The van der Waals surface area contributed by atoms with Crippen LogP contribution in [0, 0.1) is 6.92 Å². The quantitative estimate of drug-likeness (QED) is 0.600. The molecule has 32 heavy (non-hydrogen) atoms. The van der Waals surface area contributed by atoms with Crippen LogP contribution in [0.2, 0.25) is 5.02 Å². The predicted octanol–water partition coefficient (Wildman–Crippen LogP) is 4.25. The molecule has 1 heterocycles. The van der Waals surface area contributed by atoms with Gasteiger partial charge in [-0.3, -0.25) is 9.10 Å². The van der Waals surface area contributed by atoms with Gasteiger partial charge in [-0.15, -0.1) is 0 Å². The number of sulfonamides is 1. The molecule has 0 fully saturated rings. The Bertz CT molecular complexity index is 1260. The number of ether oxygens (including phenoxy) is 2. The van der Waals surface area contributed by atoms with E-state index in [1.54, 1.807) is 48.5 Å². The van der Waals surface area contributed by atoms with E-state index in [1.807, 2.05) is 6.92 Å². The van der Waals surface area contributed by atoms with Gasteiger partial charge in [0.1, 0.15) is 11.5 Å². The minimum absolute atomic E-state index is 0.114. The summed E-state index contributed by atoms with van der Waals surface area (Å²) in [6.45, 7) is 1.67. The van der Waals surface area contributed by atoms with Gasteiger partial charge in [-0.2, -0.15) is 0 Å². The summed E-state index contributed by atoms with van der Waals surface area (Å²) >= 11 is 6.13. The van der Waals surface area contributed by atoms with Crippen molar-refractivity contribution in [2.45, 2.75) is 17.9 Å². The topological polar surface area (TPSA) is 84.9 Å². The lowest BCUT2D eigenvalue weighted by atomic mass is 10.2. The lowest BCUT2D eigenvalue weighted by Crippen LogP contribution is -2.48. The van der Waals surface area contributed by atoms with E-state index in [9.17, 15) is 13.2 Å². The molecule has 1 atom stereocenters. The van der Waals surface area contributed by atoms with Gasteiger partial charge in [0.15, 0.2) is 6.10 Å². The van der Waals surface area contributed by atoms with E-state index in [4.69, 9.17) is 21.1 Å². The van der Waals surface area contributed by atoms with Crippen LogP contribution in [0.15, 0.2) is 71.6 Å². The molecule has 0 saturated heterocycles. The SMILES string of the molecule is COc1cccc(NC(=O)[C@@H]2CN(S(=O)(=O)c3ccc(C)cc3)c3cc(Cl)ccc3O2)c1. The fourth-order valence-electron chi connectivity index (χ4n) is 3.35. The zero-order valence-corrected chi connectivity index (χ0v) is 19.0. The molecule has 0 spiro atoms. The Labute approximate surface area is 191 Å². The summed E-state index contributed by atoms with van der Waals surface area (Å²) < 4.78 is 39.1. The van der Waals surface area contributed by atoms with Crippen LogP contribution in [-0.4, -0.2) is 34.1 Å². The maximum Gasteiger partial charge on any atom is 0.267 e. The van der Waals surface area contributed by atoms with Crippen molar-refractivity contribution in [3.05, 3.63) is 77.3 Å². The first-order valence-corrected chi connectivity index (χ1v) is 11.6. The van der Waals surface area contributed by atoms with Gasteiger partial charge in [0, 0.05) is 16.8 Å². The number of amides is 1. The summed E-state index contributed by atoms with van der Waals surface area (Å²) in [5.74, 6) is 0.348. The summed E-state index contributed by atoms with van der Waals surface area (Å²) in [6.07, 6.45) is -1.07. The van der Waals surface area contributed by atoms with Crippen LogP contribution in [0.1, 0.15) is 5.56 Å². The molecule has 3 aromatic carbocycles. The van der Waals surface area contributed by atoms with Gasteiger partial charge in [0.05, 0.1) is 24.2 Å². The normalized spacial score (nSPS) is 15.5. The third-order valence-corrected chi connectivity index (χ3v) is 7.06. The number of nitrogens with one attached hydrogen (secondary N) is 1. The molecular formula is C23H21ClN2O5S. The Morgan fingerprint density at radius 3 is 2.59 bits per heavy atom. The second kappa shape index (κ2) is 8.72. The van der Waals surface area contributed by atoms with Crippen molar-refractivity contribution in [3.8, 4) is 11.5 Å². The van der Waals surface area contributed by atoms with Crippen molar-refractivity contribution < 1.29 is 22.7 Å². The Morgan fingerprint density at radius 1 is 1.12 bits per heavy atom. The zero-order valence-electron chi connectivity index (χ0n) is 17.4. The first-order chi connectivity index (χ1) is 15.3. The van der Waals surface area contributed by atoms with E-state index < -0.39 is 22.0 Å². The van der Waals surface area contributed by atoms with Crippen LogP contribution >= 0.6 is 11.6 Å². The van der Waals surface area contributed by atoms with Crippen LogP contribution in [0.3, 0.4) is 0 Å². The Hall–Kier alpha value is -3.23. The molecule has 1 aliphatic heterocycles. The minimum Gasteiger partial charge on any atom is -0.497 e. The summed E-state index contributed by atoms with van der Waals surface area (Å²) in [6, 6.07) is 18.0. The van der Waals surface area contributed by atoms with E-state index in [-0.39, 0.29) is 22.9 Å². The lowest BCUT2D eigenvalue weighted by molar-refractivity contribution is -0.122. The standard InChI is InChI=1S/C23H21ClN2O5S/c1-15-6-9-19(10-7-15)32(28,29)26-14-22(31-21-11-8-16(24)12-20(21)26)23(27)25-17-4-3-5-18(13-17)30-2/h3-13,22H,14H2,1-2H3,(H,25,27)/t22-/m0/s1. The number of rotatable bonds is 5. The number of fused-ring (bicyclic) bond motifs is 1. The number of nitrogens with zero attached hydrogens (tertiary/aromatic N) is 1. The third-order valence-electron chi connectivity index (χ3n) is 5.03. The molecule has 0 saturated carbocycles. The number of carbonyl (C=O) groups excluding carboxylic acids is 1. The highest BCUT2D eigenvalue weighted by atomic mass is 35.5. The van der Waals surface area contributed by atoms with Gasteiger partial charge in [0.2, 0.25) is 0 Å². The second-order valence-corrected chi connectivity index (χ2v) is 9.59. The molecule has 3 aromatic rings. The molecule has 4 rings (SSSR count). The largest absolute Gasteiger partial charge is 0.497 e. The molecule has 0 bridgehead atoms. The van der Waals surface area contributed by atoms with Crippen molar-refractivity contribution in [2.24, 2.45) is 0 Å². The number of anilines is 2. The molecule has 0 aliphatic carbocycles. The summed E-state index contributed by atoms with van der Waals surface area (Å²) in [5, 5.41) is 3.11. The van der Waals surface area contributed by atoms with E-state index in [2.05, 4.69) is 5.32 Å². The smallest absolute Gasteiger partial charge is 0.267 e. The average molecular weight is 473 g/mol. The van der Waals surface area contributed by atoms with E-state index in [1.165, 1.54) is 25.3 Å². The fraction of sp³-hybridized carbons (Fsp3) is 0.174. The Kier molecular flexibility index (Phi) is 5.99. The van der Waals surface area contributed by atoms with Crippen molar-refractivity contribution in [1.82, 2.24) is 0 Å². The summed E-state index contributed by atoms with van der Waals surface area (Å²) in [4.78, 5) is 13.1. The fourth-order valence-corrected chi connectivity index (χ4v) is 4.98. The number of carbonyl (C=O) groups is 1. The zero-order chi connectivity index (χ0) is 22.9. The molecule has 1 amide bonds. The molecule has 0 radical (unpaired) electrons. The molecule has 9 heteroatoms. The number of aryl methyl sites for hydroxylation is 1. The van der Waals surface area contributed by atoms with Crippen LogP contribution in [-0.2, 0) is 14.8 Å². The van der Waals surface area contributed by atoms with Crippen LogP contribution < -0.4 is 19.1 Å². The summed E-state index contributed by atoms with van der Waals surface area (Å²) in [7, 11) is -2.44. The Morgan fingerprint density at radius 2 is 1.88 bits per heavy atom. The van der Waals surface area contributed by atoms with E-state index in [0.29, 0.717) is 16.5 Å². The highest BCUT2D eigenvalue weighted by Crippen LogP contribution is 2.39. The molecular weight excluding hydrogens is 452 g/mol. The van der Waals surface area contributed by atoms with Crippen molar-refractivity contribution >= 4 is 38.9 Å². The van der Waals surface area contributed by atoms with Gasteiger partial charge < -0.3 is 14.8 Å². The van der Waals surface area contributed by atoms with Gasteiger partial charge >= 0.3 is 0 Å². The molecule has 166 valence electrons. The molecule has 1 N–H and O–H groups in total. The molecule has 0 unspecified atom stereocenters. The van der Waals surface area contributed by atoms with Crippen LogP contribution in [0.4, 0.5) is 11.4 Å². The highest BCUT2D eigenvalue weighted by Gasteiger charge is 2.37. The van der Waals surface area contributed by atoms with Crippen LogP contribution in [0.25, 0.3) is 0 Å². The first kappa shape index (κ1) is 22.0. The minimum atomic E-state index is -3.96. The molecule has 0 aromatic heterocycles. The van der Waals surface area contributed by atoms with Crippen molar-refractivity contribution in [3.63, 3.8) is 0 Å². The average Bonchev–Trinajstić information content (AvgIpc) is 2.78. The van der Waals surface area contributed by atoms with Crippen molar-refractivity contribution in [1.29, 1.82) is 0 Å². The second-order valence-electron chi connectivity index (χ2n) is 7.29. The first-order valence-electron chi connectivity index (χ1n) is 9.78. The van der Waals surface area contributed by atoms with Gasteiger partial charge in [-0.1, -0.05) is 35.4 Å². The number of methoxy groups -OCH3 is 1. The number of halogens is 1. The maximum absolute atomic E-state index is 13.5.